The van der Waals surface area contributed by atoms with Crippen molar-refractivity contribution in [3.8, 4) is 34.1 Å². The van der Waals surface area contributed by atoms with E-state index in [0.29, 0.717) is 77.5 Å². The highest BCUT2D eigenvalue weighted by molar-refractivity contribution is 6.39. The van der Waals surface area contributed by atoms with Crippen LogP contribution in [0.4, 0.5) is 5.69 Å². The van der Waals surface area contributed by atoms with Crippen LogP contribution in [-0.4, -0.2) is 71.3 Å². The van der Waals surface area contributed by atoms with Gasteiger partial charge in [0.15, 0.2) is 0 Å². The fourth-order valence-corrected chi connectivity index (χ4v) is 5.87. The van der Waals surface area contributed by atoms with Crippen LogP contribution in [0.15, 0.2) is 54.9 Å². The minimum atomic E-state index is -0.498. The molecule has 0 radical (unpaired) electrons. The number of hydrogen-bond donors (Lipinski definition) is 5. The number of anilines is 1. The van der Waals surface area contributed by atoms with Crippen LogP contribution in [0.3, 0.4) is 0 Å². The number of carbonyl (C=O) groups is 2. The van der Waals surface area contributed by atoms with Gasteiger partial charge in [0.25, 0.3) is 5.91 Å². The predicted molar refractivity (Wildman–Crippen MR) is 184 cm³/mol. The molecule has 1 fully saturated rings. The topological polar surface area (TPSA) is 160 Å². The van der Waals surface area contributed by atoms with Crippen molar-refractivity contribution in [2.75, 3.05) is 32.6 Å². The van der Waals surface area contributed by atoms with Gasteiger partial charge in [-0.3, -0.25) is 19.6 Å². The first kappa shape index (κ1) is 35.0. The minimum absolute atomic E-state index is 0.0794. The third kappa shape index (κ3) is 8.38. The van der Waals surface area contributed by atoms with E-state index in [1.54, 1.807) is 56.8 Å². The van der Waals surface area contributed by atoms with Crippen LogP contribution in [0.5, 0.6) is 11.6 Å². The number of rotatable bonds is 14. The zero-order chi connectivity index (χ0) is 34.2. The molecular weight excluding hydrogens is 657 g/mol. The molecule has 252 valence electrons. The number of nitrogens with zero attached hydrogens (tertiary/aromatic N) is 3. The van der Waals surface area contributed by atoms with Crippen LogP contribution in [0.1, 0.15) is 41.4 Å². The van der Waals surface area contributed by atoms with E-state index in [1.165, 1.54) is 7.11 Å². The molecule has 2 amide bonds. The quantitative estimate of drug-likeness (QED) is 0.126. The molecule has 12 nitrogen and oxygen atoms in total. The minimum Gasteiger partial charge on any atom is -0.496 e. The van der Waals surface area contributed by atoms with E-state index in [-0.39, 0.29) is 22.7 Å². The summed E-state index contributed by atoms with van der Waals surface area (Å²) in [5.41, 5.74) is 4.21. The van der Waals surface area contributed by atoms with Gasteiger partial charge in [0.05, 0.1) is 47.4 Å². The summed E-state index contributed by atoms with van der Waals surface area (Å²) in [6.45, 7) is 3.67. The summed E-state index contributed by atoms with van der Waals surface area (Å²) in [7, 11) is 3.07. The van der Waals surface area contributed by atoms with E-state index in [1.807, 2.05) is 12.1 Å². The Bertz CT molecular complexity index is 1790. The smallest absolute Gasteiger partial charge is 0.274 e. The highest BCUT2D eigenvalue weighted by Crippen LogP contribution is 2.40. The van der Waals surface area contributed by atoms with Gasteiger partial charge in [-0.15, -0.1) is 0 Å². The van der Waals surface area contributed by atoms with Gasteiger partial charge < -0.3 is 35.8 Å². The molecule has 5 rings (SSSR count). The van der Waals surface area contributed by atoms with Crippen LogP contribution < -0.4 is 30.7 Å². The molecule has 4 heterocycles. The molecule has 4 aromatic rings. The highest BCUT2D eigenvalue weighted by Gasteiger charge is 2.22. The van der Waals surface area contributed by atoms with Crippen LogP contribution in [0.2, 0.25) is 10.0 Å². The number of aromatic nitrogens is 3. The van der Waals surface area contributed by atoms with Crippen molar-refractivity contribution in [1.29, 1.82) is 0 Å². The molecule has 0 saturated carbocycles. The Hall–Kier alpha value is -4.33. The maximum Gasteiger partial charge on any atom is 0.274 e. The number of methoxy groups -OCH3 is 2. The number of aliphatic hydroxyl groups excluding tert-OH is 1. The monoisotopic (exact) mass is 693 g/mol. The van der Waals surface area contributed by atoms with Gasteiger partial charge >= 0.3 is 0 Å². The Morgan fingerprint density at radius 1 is 1.04 bits per heavy atom. The number of carbonyl (C=O) groups excluding carboxylic acids is 2. The molecule has 0 unspecified atom stereocenters. The Morgan fingerprint density at radius 3 is 2.58 bits per heavy atom. The number of amides is 2. The van der Waals surface area contributed by atoms with Gasteiger partial charge in [-0.1, -0.05) is 41.4 Å². The van der Waals surface area contributed by atoms with Gasteiger partial charge in [-0.2, -0.15) is 0 Å². The number of pyridine rings is 3. The standard InChI is InChI=1S/C34H37Cl2N7O5/c1-19(44)14-37-16-21-17-40-27(13-28(21)47-2)33(46)42-26-6-4-5-24(30(26)35)32-31(36)23(11-12-39-32)25-9-7-20(34(43-25)48-3)15-38-18-22-8-10-29(45)41-22/h4-7,9,11-13,17,19,22,37-38,44H,8,10,14-16,18H2,1-3H3,(H,41,45)(H,42,46)/t19-,22+/m0/s1. The summed E-state index contributed by atoms with van der Waals surface area (Å²) in [6.07, 6.45) is 4.04. The number of hydrogen-bond acceptors (Lipinski definition) is 10. The highest BCUT2D eigenvalue weighted by atomic mass is 35.5. The van der Waals surface area contributed by atoms with E-state index in [4.69, 9.17) is 37.7 Å². The fourth-order valence-electron chi connectivity index (χ4n) is 5.30. The van der Waals surface area contributed by atoms with Gasteiger partial charge in [-0.25, -0.2) is 4.98 Å². The molecule has 1 aliphatic rings. The summed E-state index contributed by atoms with van der Waals surface area (Å²) in [5.74, 6) is 0.523. The number of ether oxygens (including phenoxy) is 2. The Balaban J connectivity index is 1.33. The molecule has 0 bridgehead atoms. The van der Waals surface area contributed by atoms with E-state index in [2.05, 4.69) is 31.2 Å². The molecule has 0 spiro atoms. The van der Waals surface area contributed by atoms with Crippen molar-refractivity contribution < 1.29 is 24.2 Å². The second kappa shape index (κ2) is 16.2. The third-order valence-electron chi connectivity index (χ3n) is 7.74. The second-order valence-corrected chi connectivity index (χ2v) is 12.1. The van der Waals surface area contributed by atoms with Crippen LogP contribution in [-0.2, 0) is 17.9 Å². The van der Waals surface area contributed by atoms with Gasteiger partial charge in [-0.05, 0) is 31.5 Å². The summed E-state index contributed by atoms with van der Waals surface area (Å²) >= 11 is 13.8. The van der Waals surface area contributed by atoms with Crippen LogP contribution in [0.25, 0.3) is 22.5 Å². The number of nitrogens with one attached hydrogen (secondary N) is 4. The first-order valence-corrected chi connectivity index (χ1v) is 16.1. The van der Waals surface area contributed by atoms with Crippen molar-refractivity contribution in [3.05, 3.63) is 81.7 Å². The maximum atomic E-state index is 13.2. The van der Waals surface area contributed by atoms with Crippen molar-refractivity contribution in [1.82, 2.24) is 30.9 Å². The third-order valence-corrected chi connectivity index (χ3v) is 8.53. The lowest BCUT2D eigenvalue weighted by Gasteiger charge is -2.15. The normalized spacial score (nSPS) is 14.8. The lowest BCUT2D eigenvalue weighted by atomic mass is 10.1. The zero-order valence-corrected chi connectivity index (χ0v) is 28.3. The summed E-state index contributed by atoms with van der Waals surface area (Å²) < 4.78 is 11.1. The summed E-state index contributed by atoms with van der Waals surface area (Å²) in [4.78, 5) is 38.2. The molecule has 1 aliphatic heterocycles. The van der Waals surface area contributed by atoms with E-state index < -0.39 is 12.0 Å². The molecule has 0 aliphatic carbocycles. The number of aliphatic hydroxyl groups is 1. The van der Waals surface area contributed by atoms with E-state index >= 15 is 0 Å². The first-order chi connectivity index (χ1) is 23.2. The summed E-state index contributed by atoms with van der Waals surface area (Å²) in [5, 5.41) is 22.3. The van der Waals surface area contributed by atoms with Crippen LogP contribution in [0, 0.1) is 0 Å². The second-order valence-electron chi connectivity index (χ2n) is 11.3. The first-order valence-electron chi connectivity index (χ1n) is 15.4. The van der Waals surface area contributed by atoms with Gasteiger partial charge in [0.1, 0.15) is 11.4 Å². The summed E-state index contributed by atoms with van der Waals surface area (Å²) in [6, 6.07) is 12.4. The number of benzene rings is 1. The molecule has 14 heteroatoms. The Kier molecular flexibility index (Phi) is 11.8. The van der Waals surface area contributed by atoms with E-state index in [9.17, 15) is 14.7 Å². The molecular formula is C34H37Cl2N7O5. The van der Waals surface area contributed by atoms with Crippen LogP contribution >= 0.6 is 23.2 Å². The molecule has 5 N–H and O–H groups in total. The zero-order valence-electron chi connectivity index (χ0n) is 26.8. The molecule has 1 saturated heterocycles. The lowest BCUT2D eigenvalue weighted by Crippen LogP contribution is -2.35. The SMILES string of the molecule is COc1cc(C(=O)Nc2cccc(-c3nccc(-c4ccc(CNC[C@H]5CCC(=O)N5)c(OC)n4)c3Cl)c2Cl)ncc1CNC[C@H](C)O. The van der Waals surface area contributed by atoms with Crippen molar-refractivity contribution in [2.45, 2.75) is 45.0 Å². The molecule has 3 aromatic heterocycles. The maximum absolute atomic E-state index is 13.2. The van der Waals surface area contributed by atoms with Gasteiger partial charge in [0.2, 0.25) is 11.8 Å². The molecule has 1 aromatic carbocycles. The Labute approximate surface area is 288 Å². The molecule has 48 heavy (non-hydrogen) atoms. The van der Waals surface area contributed by atoms with Crippen molar-refractivity contribution in [2.24, 2.45) is 0 Å². The average Bonchev–Trinajstić information content (AvgIpc) is 3.50. The largest absolute Gasteiger partial charge is 0.496 e. The fraction of sp³-hybridized carbons (Fsp3) is 0.324. The van der Waals surface area contributed by atoms with E-state index in [0.717, 1.165) is 17.5 Å². The average molecular weight is 695 g/mol. The van der Waals surface area contributed by atoms with Gasteiger partial charge in [0, 0.05) is 79.4 Å². The van der Waals surface area contributed by atoms with Crippen molar-refractivity contribution >= 4 is 40.7 Å². The number of halogens is 2. The lowest BCUT2D eigenvalue weighted by molar-refractivity contribution is -0.119. The predicted octanol–water partition coefficient (Wildman–Crippen LogP) is 4.62. The Morgan fingerprint density at radius 2 is 1.85 bits per heavy atom. The molecule has 2 atom stereocenters. The van der Waals surface area contributed by atoms with Crippen molar-refractivity contribution in [3.63, 3.8) is 0 Å².